The first-order chi connectivity index (χ1) is 6.19. The SMILES string of the molecule is CCn1cnc(Cl)c1CC(N)CO. The monoisotopic (exact) mass is 203 g/mol. The number of rotatable bonds is 4. The standard InChI is InChI=1S/C8H14ClN3O/c1-2-12-5-11-8(9)7(12)3-6(10)4-13/h5-6,13H,2-4,10H2,1H3. The van der Waals surface area contributed by atoms with E-state index >= 15 is 0 Å². The van der Waals surface area contributed by atoms with Crippen LogP contribution in [0.4, 0.5) is 0 Å². The summed E-state index contributed by atoms with van der Waals surface area (Å²) >= 11 is 5.86. The number of halogens is 1. The first-order valence-electron chi connectivity index (χ1n) is 4.25. The lowest BCUT2D eigenvalue weighted by Gasteiger charge is -2.09. The summed E-state index contributed by atoms with van der Waals surface area (Å²) in [6, 6.07) is -0.264. The zero-order valence-electron chi connectivity index (χ0n) is 7.57. The van der Waals surface area contributed by atoms with Crippen LogP contribution in [0.2, 0.25) is 5.15 Å². The van der Waals surface area contributed by atoms with Crippen molar-refractivity contribution in [2.75, 3.05) is 6.61 Å². The molecular formula is C8H14ClN3O. The third-order valence-electron chi connectivity index (χ3n) is 1.93. The van der Waals surface area contributed by atoms with Gasteiger partial charge in [-0.1, -0.05) is 11.6 Å². The van der Waals surface area contributed by atoms with Crippen molar-refractivity contribution >= 4 is 11.6 Å². The fourth-order valence-corrected chi connectivity index (χ4v) is 1.40. The molecule has 1 aromatic heterocycles. The highest BCUT2D eigenvalue weighted by atomic mass is 35.5. The molecule has 3 N–H and O–H groups in total. The Morgan fingerprint density at radius 1 is 1.77 bits per heavy atom. The Labute approximate surface area is 82.3 Å². The number of aliphatic hydroxyl groups excluding tert-OH is 1. The van der Waals surface area contributed by atoms with Crippen LogP contribution in [0, 0.1) is 0 Å². The van der Waals surface area contributed by atoms with Crippen LogP contribution in [-0.2, 0) is 13.0 Å². The minimum atomic E-state index is -0.264. The van der Waals surface area contributed by atoms with Gasteiger partial charge in [-0.15, -0.1) is 0 Å². The highest BCUT2D eigenvalue weighted by molar-refractivity contribution is 6.30. The number of imidazole rings is 1. The van der Waals surface area contributed by atoms with E-state index in [1.807, 2.05) is 11.5 Å². The molecule has 0 aliphatic carbocycles. The first kappa shape index (κ1) is 10.5. The number of hydrogen-bond acceptors (Lipinski definition) is 3. The average Bonchev–Trinajstić information content (AvgIpc) is 2.48. The number of hydrogen-bond donors (Lipinski definition) is 2. The number of aromatic nitrogens is 2. The largest absolute Gasteiger partial charge is 0.395 e. The highest BCUT2D eigenvalue weighted by Crippen LogP contribution is 2.14. The van der Waals surface area contributed by atoms with E-state index in [2.05, 4.69) is 4.98 Å². The lowest BCUT2D eigenvalue weighted by atomic mass is 10.2. The molecule has 0 spiro atoms. The normalized spacial score (nSPS) is 13.2. The fraction of sp³-hybridized carbons (Fsp3) is 0.625. The molecule has 0 aliphatic rings. The van der Waals surface area contributed by atoms with Crippen molar-refractivity contribution < 1.29 is 5.11 Å². The van der Waals surface area contributed by atoms with E-state index in [0.717, 1.165) is 12.2 Å². The Morgan fingerprint density at radius 3 is 3.00 bits per heavy atom. The van der Waals surface area contributed by atoms with Gasteiger partial charge in [-0.05, 0) is 6.92 Å². The molecule has 13 heavy (non-hydrogen) atoms. The number of aryl methyl sites for hydroxylation is 1. The van der Waals surface area contributed by atoms with Gasteiger partial charge in [0.2, 0.25) is 0 Å². The Morgan fingerprint density at radius 2 is 2.46 bits per heavy atom. The zero-order chi connectivity index (χ0) is 9.84. The Hall–Kier alpha value is -0.580. The second-order valence-corrected chi connectivity index (χ2v) is 3.27. The van der Waals surface area contributed by atoms with E-state index in [4.69, 9.17) is 22.4 Å². The van der Waals surface area contributed by atoms with Gasteiger partial charge in [-0.3, -0.25) is 0 Å². The van der Waals surface area contributed by atoms with Crippen molar-refractivity contribution in [3.63, 3.8) is 0 Å². The quantitative estimate of drug-likeness (QED) is 0.746. The second kappa shape index (κ2) is 4.60. The van der Waals surface area contributed by atoms with Gasteiger partial charge >= 0.3 is 0 Å². The van der Waals surface area contributed by atoms with Crippen LogP contribution >= 0.6 is 11.6 Å². The third kappa shape index (κ3) is 2.43. The molecule has 1 rings (SSSR count). The van der Waals surface area contributed by atoms with Crippen molar-refractivity contribution in [1.82, 2.24) is 9.55 Å². The molecule has 1 heterocycles. The molecule has 5 heteroatoms. The summed E-state index contributed by atoms with van der Waals surface area (Å²) < 4.78 is 1.93. The molecule has 74 valence electrons. The summed E-state index contributed by atoms with van der Waals surface area (Å²) in [5.74, 6) is 0. The van der Waals surface area contributed by atoms with Crippen LogP contribution in [0.1, 0.15) is 12.6 Å². The summed E-state index contributed by atoms with van der Waals surface area (Å²) in [6.45, 7) is 2.78. The van der Waals surface area contributed by atoms with Gasteiger partial charge in [0.1, 0.15) is 5.15 Å². The summed E-state index contributed by atoms with van der Waals surface area (Å²) in [5.41, 5.74) is 6.50. The van der Waals surface area contributed by atoms with Gasteiger partial charge in [0.15, 0.2) is 0 Å². The predicted molar refractivity (Wildman–Crippen MR) is 51.7 cm³/mol. The van der Waals surface area contributed by atoms with Crippen LogP contribution in [0.3, 0.4) is 0 Å². The molecule has 0 radical (unpaired) electrons. The van der Waals surface area contributed by atoms with Crippen LogP contribution in [0.25, 0.3) is 0 Å². The molecule has 0 saturated carbocycles. The van der Waals surface area contributed by atoms with Crippen LogP contribution in [0.5, 0.6) is 0 Å². The van der Waals surface area contributed by atoms with Crippen molar-refractivity contribution in [3.05, 3.63) is 17.2 Å². The average molecular weight is 204 g/mol. The van der Waals surface area contributed by atoms with E-state index in [-0.39, 0.29) is 12.6 Å². The summed E-state index contributed by atoms with van der Waals surface area (Å²) in [6.07, 6.45) is 2.24. The van der Waals surface area contributed by atoms with Gasteiger partial charge in [0.05, 0.1) is 18.6 Å². The number of nitrogens with two attached hydrogens (primary N) is 1. The van der Waals surface area contributed by atoms with Crippen molar-refractivity contribution in [2.45, 2.75) is 25.9 Å². The minimum Gasteiger partial charge on any atom is -0.395 e. The fourth-order valence-electron chi connectivity index (χ4n) is 1.17. The minimum absolute atomic E-state index is 0.0365. The molecule has 0 aromatic carbocycles. The number of nitrogens with zero attached hydrogens (tertiary/aromatic N) is 2. The van der Waals surface area contributed by atoms with Crippen LogP contribution < -0.4 is 5.73 Å². The van der Waals surface area contributed by atoms with Crippen LogP contribution in [0.15, 0.2) is 6.33 Å². The topological polar surface area (TPSA) is 64.1 Å². The van der Waals surface area contributed by atoms with Crippen molar-refractivity contribution in [1.29, 1.82) is 0 Å². The van der Waals surface area contributed by atoms with E-state index in [0.29, 0.717) is 11.6 Å². The lowest BCUT2D eigenvalue weighted by Crippen LogP contribution is -2.28. The molecule has 0 saturated heterocycles. The molecule has 1 atom stereocenters. The van der Waals surface area contributed by atoms with Crippen molar-refractivity contribution in [3.8, 4) is 0 Å². The van der Waals surface area contributed by atoms with E-state index in [9.17, 15) is 0 Å². The van der Waals surface area contributed by atoms with Gasteiger partial charge in [-0.2, -0.15) is 0 Å². The van der Waals surface area contributed by atoms with E-state index in [1.54, 1.807) is 6.33 Å². The maximum Gasteiger partial charge on any atom is 0.150 e. The molecule has 0 fully saturated rings. The van der Waals surface area contributed by atoms with E-state index in [1.165, 1.54) is 0 Å². The van der Waals surface area contributed by atoms with Crippen molar-refractivity contribution in [2.24, 2.45) is 5.73 Å². The molecule has 1 aromatic rings. The molecular weight excluding hydrogens is 190 g/mol. The van der Waals surface area contributed by atoms with Gasteiger partial charge in [0, 0.05) is 19.0 Å². The van der Waals surface area contributed by atoms with Gasteiger partial charge in [-0.25, -0.2) is 4.98 Å². The molecule has 0 amide bonds. The lowest BCUT2D eigenvalue weighted by molar-refractivity contribution is 0.264. The predicted octanol–water partition coefficient (Wildman–Crippen LogP) is 0.418. The summed E-state index contributed by atoms with van der Waals surface area (Å²) in [7, 11) is 0. The molecule has 4 nitrogen and oxygen atoms in total. The third-order valence-corrected chi connectivity index (χ3v) is 2.24. The summed E-state index contributed by atoms with van der Waals surface area (Å²) in [5, 5.41) is 9.27. The Kier molecular flexibility index (Phi) is 3.71. The maximum absolute atomic E-state index is 8.79. The molecule has 0 aliphatic heterocycles. The van der Waals surface area contributed by atoms with Gasteiger partial charge < -0.3 is 15.4 Å². The molecule has 1 unspecified atom stereocenters. The van der Waals surface area contributed by atoms with E-state index < -0.39 is 0 Å². The van der Waals surface area contributed by atoms with Gasteiger partial charge in [0.25, 0.3) is 0 Å². The smallest absolute Gasteiger partial charge is 0.150 e. The summed E-state index contributed by atoms with van der Waals surface area (Å²) in [4.78, 5) is 3.97. The second-order valence-electron chi connectivity index (χ2n) is 2.91. The Balaban J connectivity index is 2.79. The zero-order valence-corrected chi connectivity index (χ0v) is 8.33. The highest BCUT2D eigenvalue weighted by Gasteiger charge is 2.11. The maximum atomic E-state index is 8.79. The van der Waals surface area contributed by atoms with Crippen LogP contribution in [-0.4, -0.2) is 27.3 Å². The molecule has 0 bridgehead atoms. The Bertz CT molecular complexity index is 274. The first-order valence-corrected chi connectivity index (χ1v) is 4.62. The number of aliphatic hydroxyl groups is 1.